The Kier molecular flexibility index (Phi) is 5.43. The molecule has 178 valence electrons. The SMILES string of the molecule is COC[C@H]1OC(=O)C(=C(C)C)C2=C(O)C(=O)C3=C([C@H](OC(C)=O)C[C@]4(C)C(=O)CC[C@@H]34)[C@]21C. The highest BCUT2D eigenvalue weighted by Gasteiger charge is 2.64. The molecule has 0 unspecified atom stereocenters. The highest BCUT2D eigenvalue weighted by molar-refractivity contribution is 6.14. The first-order chi connectivity index (χ1) is 15.4. The van der Waals surface area contributed by atoms with Gasteiger partial charge in [-0.05, 0) is 32.8 Å². The van der Waals surface area contributed by atoms with E-state index in [1.165, 1.54) is 14.0 Å². The quantitative estimate of drug-likeness (QED) is 0.507. The van der Waals surface area contributed by atoms with Gasteiger partial charge in [0.25, 0.3) is 0 Å². The summed E-state index contributed by atoms with van der Waals surface area (Å²) in [4.78, 5) is 51.6. The highest BCUT2D eigenvalue weighted by Crippen LogP contribution is 2.62. The number of methoxy groups -OCH3 is 1. The van der Waals surface area contributed by atoms with Gasteiger partial charge in [-0.15, -0.1) is 0 Å². The summed E-state index contributed by atoms with van der Waals surface area (Å²) in [5.74, 6) is -2.74. The van der Waals surface area contributed by atoms with Crippen molar-refractivity contribution in [2.45, 2.75) is 66.1 Å². The Bertz CT molecular complexity index is 1070. The predicted octanol–water partition coefficient (Wildman–Crippen LogP) is 2.91. The molecule has 1 N–H and O–H groups in total. The van der Waals surface area contributed by atoms with Crippen molar-refractivity contribution >= 4 is 23.5 Å². The van der Waals surface area contributed by atoms with Gasteiger partial charge in [0, 0.05) is 49.4 Å². The largest absolute Gasteiger partial charge is 0.504 e. The Labute approximate surface area is 192 Å². The third-order valence-corrected chi connectivity index (χ3v) is 7.89. The monoisotopic (exact) mass is 458 g/mol. The van der Waals surface area contributed by atoms with E-state index in [0.29, 0.717) is 29.6 Å². The fourth-order valence-electron chi connectivity index (χ4n) is 6.39. The van der Waals surface area contributed by atoms with Crippen molar-refractivity contribution in [3.05, 3.63) is 33.6 Å². The highest BCUT2D eigenvalue weighted by atomic mass is 16.6. The van der Waals surface area contributed by atoms with Crippen LogP contribution in [0.25, 0.3) is 0 Å². The molecule has 0 bridgehead atoms. The lowest BCUT2D eigenvalue weighted by molar-refractivity contribution is -0.160. The van der Waals surface area contributed by atoms with Crippen LogP contribution in [0.2, 0.25) is 0 Å². The number of aliphatic hydroxyl groups excluding tert-OH is 1. The van der Waals surface area contributed by atoms with Gasteiger partial charge in [-0.25, -0.2) is 4.79 Å². The van der Waals surface area contributed by atoms with Crippen LogP contribution in [0.1, 0.15) is 53.9 Å². The van der Waals surface area contributed by atoms with Gasteiger partial charge >= 0.3 is 11.9 Å². The Hall–Kier alpha value is -2.74. The van der Waals surface area contributed by atoms with Crippen LogP contribution in [0.15, 0.2) is 33.6 Å². The van der Waals surface area contributed by atoms with Crippen LogP contribution in [0.5, 0.6) is 0 Å². The molecule has 0 radical (unpaired) electrons. The number of allylic oxidation sites excluding steroid dienone is 2. The third-order valence-electron chi connectivity index (χ3n) is 7.89. The van der Waals surface area contributed by atoms with E-state index in [4.69, 9.17) is 14.2 Å². The number of fused-ring (bicyclic) bond motifs is 4. The molecule has 1 saturated heterocycles. The van der Waals surface area contributed by atoms with Crippen LogP contribution in [-0.4, -0.2) is 54.5 Å². The zero-order valence-corrected chi connectivity index (χ0v) is 19.9. The molecule has 4 aliphatic rings. The fraction of sp³-hybridized carbons (Fsp3) is 0.600. The smallest absolute Gasteiger partial charge is 0.338 e. The maximum absolute atomic E-state index is 13.7. The Morgan fingerprint density at radius 3 is 2.42 bits per heavy atom. The van der Waals surface area contributed by atoms with Crippen LogP contribution >= 0.6 is 0 Å². The van der Waals surface area contributed by atoms with Crippen LogP contribution in [-0.2, 0) is 33.4 Å². The summed E-state index contributed by atoms with van der Waals surface area (Å²) >= 11 is 0. The Morgan fingerprint density at radius 1 is 1.18 bits per heavy atom. The molecule has 1 heterocycles. The first-order valence-electron chi connectivity index (χ1n) is 11.2. The molecule has 5 atom stereocenters. The van der Waals surface area contributed by atoms with Crippen molar-refractivity contribution in [1.29, 1.82) is 0 Å². The molecule has 2 fully saturated rings. The molecular formula is C25H30O8. The van der Waals surface area contributed by atoms with Crippen LogP contribution in [0.3, 0.4) is 0 Å². The number of aliphatic hydroxyl groups is 1. The molecule has 0 aromatic carbocycles. The lowest BCUT2D eigenvalue weighted by atomic mass is 9.53. The number of carbonyl (C=O) groups is 4. The lowest BCUT2D eigenvalue weighted by Gasteiger charge is -2.53. The second-order valence-electron chi connectivity index (χ2n) is 10.0. The number of ether oxygens (including phenoxy) is 3. The van der Waals surface area contributed by atoms with Gasteiger partial charge in [0.1, 0.15) is 18.0 Å². The summed E-state index contributed by atoms with van der Waals surface area (Å²) < 4.78 is 16.9. The number of hydrogen-bond donors (Lipinski definition) is 1. The minimum atomic E-state index is -1.18. The van der Waals surface area contributed by atoms with E-state index in [1.54, 1.807) is 27.7 Å². The summed E-state index contributed by atoms with van der Waals surface area (Å²) in [5.41, 5.74) is -0.366. The molecule has 0 amide bonds. The second-order valence-corrected chi connectivity index (χ2v) is 10.0. The molecule has 8 nitrogen and oxygen atoms in total. The van der Waals surface area contributed by atoms with E-state index in [9.17, 15) is 24.3 Å². The van der Waals surface area contributed by atoms with Gasteiger partial charge in [0.2, 0.25) is 5.78 Å². The lowest BCUT2D eigenvalue weighted by Crippen LogP contribution is -2.57. The molecule has 0 aromatic rings. The van der Waals surface area contributed by atoms with E-state index < -0.39 is 52.4 Å². The molecule has 0 spiro atoms. The third kappa shape index (κ3) is 3.06. The van der Waals surface area contributed by atoms with Gasteiger partial charge in [0.15, 0.2) is 5.76 Å². The van der Waals surface area contributed by atoms with Crippen molar-refractivity contribution in [3.8, 4) is 0 Å². The normalized spacial score (nSPS) is 35.8. The minimum Gasteiger partial charge on any atom is -0.504 e. The molecule has 8 heteroatoms. The average molecular weight is 459 g/mol. The minimum absolute atomic E-state index is 0.00763. The molecule has 3 aliphatic carbocycles. The molecule has 33 heavy (non-hydrogen) atoms. The average Bonchev–Trinajstić information content (AvgIpc) is 3.01. The molecule has 0 aromatic heterocycles. The number of hydrogen-bond acceptors (Lipinski definition) is 8. The molecule has 1 saturated carbocycles. The standard InChI is InChI=1S/C25H30O8/c1-11(2)17-20-22(29)21(28)18-13-7-8-15(27)24(13,4)9-14(32-12(3)26)19(18)25(20,5)16(10-31-6)33-23(17)30/h13-14,16,29H,7-10H2,1-6H3/t13-,14+,16+,24-,25+/m0/s1. The van der Waals surface area contributed by atoms with E-state index in [1.807, 2.05) is 0 Å². The van der Waals surface area contributed by atoms with Crippen molar-refractivity contribution in [2.75, 3.05) is 13.7 Å². The second kappa shape index (κ2) is 7.65. The van der Waals surface area contributed by atoms with Gasteiger partial charge in [-0.3, -0.25) is 14.4 Å². The van der Waals surface area contributed by atoms with Gasteiger partial charge in [-0.1, -0.05) is 12.5 Å². The number of ketones is 2. The molecular weight excluding hydrogens is 428 g/mol. The molecule has 4 rings (SSSR count). The zero-order chi connectivity index (χ0) is 24.5. The van der Waals surface area contributed by atoms with Crippen molar-refractivity contribution in [2.24, 2.45) is 16.7 Å². The van der Waals surface area contributed by atoms with Gasteiger partial charge < -0.3 is 19.3 Å². The Morgan fingerprint density at radius 2 is 1.85 bits per heavy atom. The maximum atomic E-state index is 13.7. The summed E-state index contributed by atoms with van der Waals surface area (Å²) in [6, 6.07) is 0. The number of rotatable bonds is 3. The van der Waals surface area contributed by atoms with Crippen LogP contribution in [0, 0.1) is 16.7 Å². The predicted molar refractivity (Wildman–Crippen MR) is 116 cm³/mol. The van der Waals surface area contributed by atoms with Crippen LogP contribution in [0.4, 0.5) is 0 Å². The van der Waals surface area contributed by atoms with E-state index >= 15 is 0 Å². The molecule has 1 aliphatic heterocycles. The number of carbonyl (C=O) groups excluding carboxylic acids is 4. The van der Waals surface area contributed by atoms with E-state index in [0.717, 1.165) is 0 Å². The van der Waals surface area contributed by atoms with Gasteiger partial charge in [0.05, 0.1) is 17.6 Å². The zero-order valence-electron chi connectivity index (χ0n) is 19.9. The van der Waals surface area contributed by atoms with Gasteiger partial charge in [-0.2, -0.15) is 0 Å². The number of Topliss-reactive ketones (excluding diaryl/α,β-unsaturated/α-hetero) is 2. The van der Waals surface area contributed by atoms with Crippen LogP contribution < -0.4 is 0 Å². The van der Waals surface area contributed by atoms with Crippen molar-refractivity contribution < 1.29 is 38.5 Å². The summed E-state index contributed by atoms with van der Waals surface area (Å²) in [7, 11) is 1.47. The fourth-order valence-corrected chi connectivity index (χ4v) is 6.39. The van der Waals surface area contributed by atoms with E-state index in [-0.39, 0.29) is 30.0 Å². The van der Waals surface area contributed by atoms with E-state index in [2.05, 4.69) is 0 Å². The summed E-state index contributed by atoms with van der Waals surface area (Å²) in [5, 5.41) is 11.3. The van der Waals surface area contributed by atoms with Crippen molar-refractivity contribution in [1.82, 2.24) is 0 Å². The Balaban J connectivity index is 2.07. The topological polar surface area (TPSA) is 116 Å². The number of esters is 2. The maximum Gasteiger partial charge on any atom is 0.338 e. The number of cyclic esters (lactones) is 1. The van der Waals surface area contributed by atoms with Crippen molar-refractivity contribution in [3.63, 3.8) is 0 Å². The first-order valence-corrected chi connectivity index (χ1v) is 11.2. The summed E-state index contributed by atoms with van der Waals surface area (Å²) in [6.45, 7) is 8.29. The first kappa shape index (κ1) is 23.4. The summed E-state index contributed by atoms with van der Waals surface area (Å²) in [6.07, 6.45) is -0.749.